The molecule has 13 heavy (non-hydrogen) atoms. The van der Waals surface area contributed by atoms with Crippen molar-refractivity contribution in [3.63, 3.8) is 0 Å². The van der Waals surface area contributed by atoms with Gasteiger partial charge in [0, 0.05) is 6.42 Å². The third-order valence-electron chi connectivity index (χ3n) is 1.92. The van der Waals surface area contributed by atoms with Crippen molar-refractivity contribution in [3.8, 4) is 5.75 Å². The van der Waals surface area contributed by atoms with Crippen LogP contribution in [0.1, 0.15) is 38.2 Å². The molecule has 0 aliphatic carbocycles. The average Bonchev–Trinajstić information content (AvgIpc) is 2.16. The van der Waals surface area contributed by atoms with Crippen molar-refractivity contribution < 1.29 is 4.74 Å². The van der Waals surface area contributed by atoms with Gasteiger partial charge in [0.25, 0.3) is 0 Å². The highest BCUT2D eigenvalue weighted by Crippen LogP contribution is 2.22. The van der Waals surface area contributed by atoms with Crippen LogP contribution >= 0.6 is 0 Å². The van der Waals surface area contributed by atoms with Crippen molar-refractivity contribution in [2.24, 2.45) is 0 Å². The van der Waals surface area contributed by atoms with Gasteiger partial charge in [0.1, 0.15) is 5.82 Å². The zero-order valence-electron chi connectivity index (χ0n) is 8.66. The van der Waals surface area contributed by atoms with E-state index in [1.807, 2.05) is 6.92 Å². The number of nitrogens with zero attached hydrogens (tertiary/aromatic N) is 2. The van der Waals surface area contributed by atoms with Gasteiger partial charge in [-0.05, 0) is 5.92 Å². The Morgan fingerprint density at radius 1 is 1.46 bits per heavy atom. The van der Waals surface area contributed by atoms with E-state index in [4.69, 9.17) is 4.74 Å². The lowest BCUT2D eigenvalue weighted by atomic mass is 10.1. The van der Waals surface area contributed by atoms with Gasteiger partial charge >= 0.3 is 0 Å². The van der Waals surface area contributed by atoms with Gasteiger partial charge in [-0.15, -0.1) is 0 Å². The fourth-order valence-corrected chi connectivity index (χ4v) is 1.16. The van der Waals surface area contributed by atoms with Crippen LogP contribution in [0.15, 0.2) is 6.20 Å². The van der Waals surface area contributed by atoms with E-state index in [2.05, 4.69) is 23.8 Å². The van der Waals surface area contributed by atoms with E-state index in [0.717, 1.165) is 23.7 Å². The quantitative estimate of drug-likeness (QED) is 0.715. The molecule has 0 spiro atoms. The Kier molecular flexibility index (Phi) is 3.23. The molecule has 0 saturated heterocycles. The maximum atomic E-state index is 5.18. The smallest absolute Gasteiger partial charge is 0.158 e. The SMILES string of the molecule is CCc1ncc(OC)c(C(C)C)n1. The highest BCUT2D eigenvalue weighted by atomic mass is 16.5. The molecule has 0 unspecified atom stereocenters. The van der Waals surface area contributed by atoms with E-state index in [9.17, 15) is 0 Å². The third kappa shape index (κ3) is 2.17. The minimum absolute atomic E-state index is 0.378. The van der Waals surface area contributed by atoms with Gasteiger partial charge in [0.2, 0.25) is 0 Å². The van der Waals surface area contributed by atoms with E-state index in [-0.39, 0.29) is 0 Å². The summed E-state index contributed by atoms with van der Waals surface area (Å²) >= 11 is 0. The Bertz CT molecular complexity index is 284. The summed E-state index contributed by atoms with van der Waals surface area (Å²) in [6, 6.07) is 0. The highest BCUT2D eigenvalue weighted by Gasteiger charge is 2.09. The van der Waals surface area contributed by atoms with Crippen LogP contribution < -0.4 is 4.74 Å². The van der Waals surface area contributed by atoms with Gasteiger partial charge in [-0.1, -0.05) is 20.8 Å². The Labute approximate surface area is 79.2 Å². The van der Waals surface area contributed by atoms with E-state index in [0.29, 0.717) is 5.92 Å². The predicted octanol–water partition coefficient (Wildman–Crippen LogP) is 2.17. The molecule has 72 valence electrons. The first-order valence-electron chi connectivity index (χ1n) is 4.58. The van der Waals surface area contributed by atoms with Crippen LogP contribution in [-0.2, 0) is 6.42 Å². The van der Waals surface area contributed by atoms with Crippen molar-refractivity contribution in [1.29, 1.82) is 0 Å². The molecule has 1 aromatic heterocycles. The maximum Gasteiger partial charge on any atom is 0.158 e. The molecule has 0 fully saturated rings. The van der Waals surface area contributed by atoms with E-state index in [1.165, 1.54) is 0 Å². The summed E-state index contributed by atoms with van der Waals surface area (Å²) in [5.41, 5.74) is 0.995. The molecule has 1 rings (SSSR count). The molecular formula is C10H16N2O. The van der Waals surface area contributed by atoms with Crippen molar-refractivity contribution >= 4 is 0 Å². The van der Waals surface area contributed by atoms with Gasteiger partial charge in [-0.3, -0.25) is 0 Å². The number of rotatable bonds is 3. The molecule has 0 aliphatic rings. The lowest BCUT2D eigenvalue weighted by molar-refractivity contribution is 0.401. The molecule has 3 nitrogen and oxygen atoms in total. The zero-order valence-corrected chi connectivity index (χ0v) is 8.66. The average molecular weight is 180 g/mol. The Morgan fingerprint density at radius 2 is 2.15 bits per heavy atom. The summed E-state index contributed by atoms with van der Waals surface area (Å²) in [6.07, 6.45) is 2.62. The summed E-state index contributed by atoms with van der Waals surface area (Å²) in [4.78, 5) is 8.60. The number of aromatic nitrogens is 2. The largest absolute Gasteiger partial charge is 0.493 e. The first-order chi connectivity index (χ1) is 6.19. The van der Waals surface area contributed by atoms with Crippen LogP contribution in [0, 0.1) is 0 Å². The fourth-order valence-electron chi connectivity index (χ4n) is 1.16. The number of aryl methyl sites for hydroxylation is 1. The lowest BCUT2D eigenvalue weighted by Gasteiger charge is -2.10. The van der Waals surface area contributed by atoms with Crippen LogP contribution in [0.5, 0.6) is 5.75 Å². The Morgan fingerprint density at radius 3 is 2.62 bits per heavy atom. The zero-order chi connectivity index (χ0) is 9.84. The number of hydrogen-bond acceptors (Lipinski definition) is 3. The molecule has 0 amide bonds. The number of methoxy groups -OCH3 is 1. The Balaban J connectivity index is 3.10. The molecular weight excluding hydrogens is 164 g/mol. The van der Waals surface area contributed by atoms with Crippen molar-refractivity contribution in [1.82, 2.24) is 9.97 Å². The van der Waals surface area contributed by atoms with Crippen LogP contribution in [0.2, 0.25) is 0 Å². The minimum atomic E-state index is 0.378. The molecule has 0 aliphatic heterocycles. The van der Waals surface area contributed by atoms with Crippen molar-refractivity contribution in [2.45, 2.75) is 33.1 Å². The van der Waals surface area contributed by atoms with Gasteiger partial charge in [0.15, 0.2) is 5.75 Å². The Hall–Kier alpha value is -1.12. The summed E-state index contributed by atoms with van der Waals surface area (Å²) in [5, 5.41) is 0. The standard InChI is InChI=1S/C10H16N2O/c1-5-9-11-6-8(13-4)10(12-9)7(2)3/h6-7H,5H2,1-4H3. The number of hydrogen-bond donors (Lipinski definition) is 0. The second kappa shape index (κ2) is 4.21. The van der Waals surface area contributed by atoms with Crippen molar-refractivity contribution in [2.75, 3.05) is 7.11 Å². The van der Waals surface area contributed by atoms with Gasteiger partial charge in [0.05, 0.1) is 19.0 Å². The molecule has 0 bridgehead atoms. The molecule has 0 aromatic carbocycles. The van der Waals surface area contributed by atoms with Crippen LogP contribution in [-0.4, -0.2) is 17.1 Å². The van der Waals surface area contributed by atoms with E-state index < -0.39 is 0 Å². The van der Waals surface area contributed by atoms with E-state index >= 15 is 0 Å². The monoisotopic (exact) mass is 180 g/mol. The third-order valence-corrected chi connectivity index (χ3v) is 1.92. The second-order valence-corrected chi connectivity index (χ2v) is 3.25. The topological polar surface area (TPSA) is 35.0 Å². The molecule has 0 atom stereocenters. The van der Waals surface area contributed by atoms with Crippen molar-refractivity contribution in [3.05, 3.63) is 17.7 Å². The lowest BCUT2D eigenvalue weighted by Crippen LogP contribution is -2.03. The molecule has 0 radical (unpaired) electrons. The minimum Gasteiger partial charge on any atom is -0.493 e. The summed E-state index contributed by atoms with van der Waals surface area (Å²) in [6.45, 7) is 6.25. The summed E-state index contributed by atoms with van der Waals surface area (Å²) < 4.78 is 5.18. The molecule has 0 N–H and O–H groups in total. The number of ether oxygens (including phenoxy) is 1. The fraction of sp³-hybridized carbons (Fsp3) is 0.600. The second-order valence-electron chi connectivity index (χ2n) is 3.25. The van der Waals surface area contributed by atoms with Crippen LogP contribution in [0.3, 0.4) is 0 Å². The molecule has 3 heteroatoms. The van der Waals surface area contributed by atoms with Gasteiger partial charge < -0.3 is 4.74 Å². The first-order valence-corrected chi connectivity index (χ1v) is 4.58. The first kappa shape index (κ1) is 9.96. The van der Waals surface area contributed by atoms with Gasteiger partial charge in [-0.2, -0.15) is 0 Å². The van der Waals surface area contributed by atoms with Gasteiger partial charge in [-0.25, -0.2) is 9.97 Å². The molecule has 1 aromatic rings. The summed E-state index contributed by atoms with van der Waals surface area (Å²) in [5.74, 6) is 2.04. The maximum absolute atomic E-state index is 5.18. The molecule has 1 heterocycles. The normalized spacial score (nSPS) is 10.5. The van der Waals surface area contributed by atoms with Crippen LogP contribution in [0.25, 0.3) is 0 Å². The summed E-state index contributed by atoms with van der Waals surface area (Å²) in [7, 11) is 1.65. The van der Waals surface area contributed by atoms with E-state index in [1.54, 1.807) is 13.3 Å². The predicted molar refractivity (Wildman–Crippen MR) is 52.1 cm³/mol. The van der Waals surface area contributed by atoms with Crippen LogP contribution in [0.4, 0.5) is 0 Å². The molecule has 0 saturated carbocycles. The highest BCUT2D eigenvalue weighted by molar-refractivity contribution is 5.27.